The molecule has 2 N–H and O–H groups in total. The van der Waals surface area contributed by atoms with Crippen LogP contribution in [0, 0.1) is 6.92 Å². The number of halogens is 1. The lowest BCUT2D eigenvalue weighted by atomic mass is 10.1. The van der Waals surface area contributed by atoms with E-state index >= 15 is 0 Å². The number of carboxylic acid groups (broad SMARTS) is 1. The molecule has 2 rings (SSSR count). The average molecular weight is 378 g/mol. The van der Waals surface area contributed by atoms with Crippen LogP contribution in [-0.4, -0.2) is 30.2 Å². The zero-order chi connectivity index (χ0) is 19.1. The zero-order valence-electron chi connectivity index (χ0n) is 14.5. The van der Waals surface area contributed by atoms with Crippen LogP contribution in [0.25, 0.3) is 0 Å². The monoisotopic (exact) mass is 377 g/mol. The number of benzene rings is 2. The van der Waals surface area contributed by atoms with E-state index in [1.165, 1.54) is 0 Å². The Morgan fingerprint density at radius 1 is 1.08 bits per heavy atom. The van der Waals surface area contributed by atoms with Crippen molar-refractivity contribution in [2.75, 3.05) is 13.2 Å². The van der Waals surface area contributed by atoms with Gasteiger partial charge in [-0.25, -0.2) is 4.79 Å². The number of nitrogens with one attached hydrogen (secondary N) is 1. The highest BCUT2D eigenvalue weighted by molar-refractivity contribution is 6.31. The summed E-state index contributed by atoms with van der Waals surface area (Å²) >= 11 is 5.95. The first-order chi connectivity index (χ1) is 12.3. The Morgan fingerprint density at radius 3 is 2.31 bits per heavy atom. The summed E-state index contributed by atoms with van der Waals surface area (Å²) in [5.74, 6) is -0.257. The van der Waals surface area contributed by atoms with E-state index in [0.29, 0.717) is 16.5 Å². The smallest absolute Gasteiger partial charge is 0.341 e. The van der Waals surface area contributed by atoms with Crippen molar-refractivity contribution in [1.82, 2.24) is 5.32 Å². The highest BCUT2D eigenvalue weighted by Gasteiger charge is 2.11. The van der Waals surface area contributed by atoms with Gasteiger partial charge in [0, 0.05) is 5.02 Å². The number of rotatable bonds is 8. The summed E-state index contributed by atoms with van der Waals surface area (Å²) in [6, 6.07) is 11.8. The predicted molar refractivity (Wildman–Crippen MR) is 97.8 cm³/mol. The van der Waals surface area contributed by atoms with E-state index < -0.39 is 12.6 Å². The summed E-state index contributed by atoms with van der Waals surface area (Å²) in [5.41, 5.74) is 1.74. The third kappa shape index (κ3) is 5.97. The molecule has 0 aromatic heterocycles. The minimum Gasteiger partial charge on any atom is -0.484 e. The van der Waals surface area contributed by atoms with Crippen LogP contribution in [0.3, 0.4) is 0 Å². The molecule has 6 nitrogen and oxygen atoms in total. The van der Waals surface area contributed by atoms with E-state index in [0.717, 1.165) is 11.1 Å². The van der Waals surface area contributed by atoms with Gasteiger partial charge in [0.25, 0.3) is 5.91 Å². The van der Waals surface area contributed by atoms with E-state index in [1.54, 1.807) is 42.5 Å². The van der Waals surface area contributed by atoms with Gasteiger partial charge in [-0.15, -0.1) is 0 Å². The number of carboxylic acids is 1. The largest absolute Gasteiger partial charge is 0.484 e. The van der Waals surface area contributed by atoms with Crippen LogP contribution in [-0.2, 0) is 9.59 Å². The van der Waals surface area contributed by atoms with Gasteiger partial charge in [-0.1, -0.05) is 23.7 Å². The molecule has 138 valence electrons. The molecule has 0 fully saturated rings. The summed E-state index contributed by atoms with van der Waals surface area (Å²) in [4.78, 5) is 22.5. The Labute approximate surface area is 156 Å². The Kier molecular flexibility index (Phi) is 6.86. The van der Waals surface area contributed by atoms with Crippen molar-refractivity contribution in [3.05, 3.63) is 58.6 Å². The molecular formula is C19H20ClNO5. The molecule has 26 heavy (non-hydrogen) atoms. The number of hydrogen-bond donors (Lipinski definition) is 2. The van der Waals surface area contributed by atoms with Crippen molar-refractivity contribution in [2.45, 2.75) is 19.9 Å². The number of carbonyl (C=O) groups excluding carboxylic acids is 1. The Hall–Kier alpha value is -2.73. The topological polar surface area (TPSA) is 84.9 Å². The van der Waals surface area contributed by atoms with Gasteiger partial charge in [-0.3, -0.25) is 4.79 Å². The van der Waals surface area contributed by atoms with Crippen LogP contribution in [0.4, 0.5) is 0 Å². The van der Waals surface area contributed by atoms with Gasteiger partial charge >= 0.3 is 5.97 Å². The molecule has 0 aliphatic rings. The highest BCUT2D eigenvalue weighted by atomic mass is 35.5. The number of carbonyl (C=O) groups is 2. The first-order valence-corrected chi connectivity index (χ1v) is 8.36. The maximum Gasteiger partial charge on any atom is 0.341 e. The summed E-state index contributed by atoms with van der Waals surface area (Å²) in [6.07, 6.45) is 0. The number of aryl methyl sites for hydroxylation is 1. The third-order valence-electron chi connectivity index (χ3n) is 3.62. The molecular weight excluding hydrogens is 358 g/mol. The third-order valence-corrected chi connectivity index (χ3v) is 4.04. The molecule has 0 spiro atoms. The Balaban J connectivity index is 1.84. The summed E-state index contributed by atoms with van der Waals surface area (Å²) < 4.78 is 10.5. The standard InChI is InChI=1S/C19H20ClNO5/c1-12-9-16(7-8-17(12)20)25-10-18(22)21-13(2)14-3-5-15(6-4-14)26-11-19(23)24/h3-9,13H,10-11H2,1-2H3,(H,21,22)(H,23,24). The van der Waals surface area contributed by atoms with Crippen LogP contribution in [0.15, 0.2) is 42.5 Å². The Morgan fingerprint density at radius 2 is 1.69 bits per heavy atom. The molecule has 2 aromatic carbocycles. The SMILES string of the molecule is Cc1cc(OCC(=O)NC(C)c2ccc(OCC(=O)O)cc2)ccc1Cl. The molecule has 0 saturated heterocycles. The van der Waals surface area contributed by atoms with Crippen LogP contribution < -0.4 is 14.8 Å². The average Bonchev–Trinajstić information content (AvgIpc) is 2.61. The summed E-state index contributed by atoms with van der Waals surface area (Å²) in [6.45, 7) is 3.21. The molecule has 0 aliphatic heterocycles. The van der Waals surface area contributed by atoms with Crippen LogP contribution in [0.2, 0.25) is 5.02 Å². The van der Waals surface area contributed by atoms with E-state index in [9.17, 15) is 9.59 Å². The van der Waals surface area contributed by atoms with Gasteiger partial charge in [0.05, 0.1) is 6.04 Å². The fourth-order valence-corrected chi connectivity index (χ4v) is 2.34. The fraction of sp³-hybridized carbons (Fsp3) is 0.263. The second kappa shape index (κ2) is 9.10. The van der Waals surface area contributed by atoms with Crippen molar-refractivity contribution in [1.29, 1.82) is 0 Å². The molecule has 0 aliphatic carbocycles. The number of ether oxygens (including phenoxy) is 2. The van der Waals surface area contributed by atoms with Gasteiger partial charge in [-0.05, 0) is 55.3 Å². The van der Waals surface area contributed by atoms with Crippen molar-refractivity contribution < 1.29 is 24.2 Å². The predicted octanol–water partition coefficient (Wildman–Crippen LogP) is 3.37. The minimum absolute atomic E-state index is 0.106. The van der Waals surface area contributed by atoms with Crippen molar-refractivity contribution in [3.8, 4) is 11.5 Å². The second-order valence-corrected chi connectivity index (χ2v) is 6.15. The van der Waals surface area contributed by atoms with Crippen molar-refractivity contribution in [3.63, 3.8) is 0 Å². The molecule has 1 amide bonds. The minimum atomic E-state index is -1.04. The maximum atomic E-state index is 12.0. The van der Waals surface area contributed by atoms with Gasteiger partial charge in [0.15, 0.2) is 13.2 Å². The van der Waals surface area contributed by atoms with Crippen LogP contribution in [0.5, 0.6) is 11.5 Å². The lowest BCUT2D eigenvalue weighted by Crippen LogP contribution is -2.31. The van der Waals surface area contributed by atoms with Gasteiger partial charge < -0.3 is 19.9 Å². The van der Waals surface area contributed by atoms with Gasteiger partial charge in [-0.2, -0.15) is 0 Å². The fourth-order valence-electron chi connectivity index (χ4n) is 2.22. The summed E-state index contributed by atoms with van der Waals surface area (Å²) in [5, 5.41) is 12.1. The Bertz CT molecular complexity index is 776. The lowest BCUT2D eigenvalue weighted by molar-refractivity contribution is -0.139. The number of amides is 1. The highest BCUT2D eigenvalue weighted by Crippen LogP contribution is 2.21. The van der Waals surface area contributed by atoms with Gasteiger partial charge in [0.1, 0.15) is 11.5 Å². The molecule has 0 bridgehead atoms. The van der Waals surface area contributed by atoms with E-state index in [1.807, 2.05) is 13.8 Å². The van der Waals surface area contributed by atoms with Crippen LogP contribution in [0.1, 0.15) is 24.1 Å². The van der Waals surface area contributed by atoms with Gasteiger partial charge in [0.2, 0.25) is 0 Å². The zero-order valence-corrected chi connectivity index (χ0v) is 15.2. The molecule has 0 heterocycles. The normalized spacial score (nSPS) is 11.5. The number of hydrogen-bond acceptors (Lipinski definition) is 4. The van der Waals surface area contributed by atoms with Crippen molar-refractivity contribution in [2.24, 2.45) is 0 Å². The molecule has 1 unspecified atom stereocenters. The first-order valence-electron chi connectivity index (χ1n) is 7.98. The lowest BCUT2D eigenvalue weighted by Gasteiger charge is -2.15. The molecule has 0 saturated carbocycles. The summed E-state index contributed by atoms with van der Waals surface area (Å²) in [7, 11) is 0. The molecule has 7 heteroatoms. The van der Waals surface area contributed by atoms with Crippen LogP contribution >= 0.6 is 11.6 Å². The van der Waals surface area contributed by atoms with E-state index in [2.05, 4.69) is 5.32 Å². The molecule has 1 atom stereocenters. The maximum absolute atomic E-state index is 12.0. The number of aliphatic carboxylic acids is 1. The van der Waals surface area contributed by atoms with Crippen molar-refractivity contribution >= 4 is 23.5 Å². The van der Waals surface area contributed by atoms with E-state index in [4.69, 9.17) is 26.2 Å². The second-order valence-electron chi connectivity index (χ2n) is 5.74. The quantitative estimate of drug-likeness (QED) is 0.736. The molecule has 0 radical (unpaired) electrons. The molecule has 2 aromatic rings. The first kappa shape index (κ1) is 19.6. The van der Waals surface area contributed by atoms with E-state index in [-0.39, 0.29) is 18.6 Å².